The minimum atomic E-state index is -0.445. The number of rotatable bonds is 5. The molecular formula is C17H24N2O4. The first-order valence-corrected chi connectivity index (χ1v) is 8.21. The Kier molecular flexibility index (Phi) is 4.73. The van der Waals surface area contributed by atoms with Gasteiger partial charge in [0.25, 0.3) is 0 Å². The molecule has 1 fully saturated rings. The lowest BCUT2D eigenvalue weighted by Gasteiger charge is -2.15. The minimum Gasteiger partial charge on any atom is -0.494 e. The topological polar surface area (TPSA) is 79.8 Å². The van der Waals surface area contributed by atoms with Crippen LogP contribution in [-0.4, -0.2) is 42.4 Å². The van der Waals surface area contributed by atoms with E-state index >= 15 is 0 Å². The fraction of sp³-hybridized carbons (Fsp3) is 0.588. The lowest BCUT2D eigenvalue weighted by atomic mass is 10.1. The highest BCUT2D eigenvalue weighted by Crippen LogP contribution is 2.35. The second-order valence-electron chi connectivity index (χ2n) is 6.20. The van der Waals surface area contributed by atoms with Crippen molar-refractivity contribution in [2.75, 3.05) is 13.2 Å². The molecule has 0 spiro atoms. The maximum absolute atomic E-state index is 12.2. The van der Waals surface area contributed by atoms with Gasteiger partial charge in [-0.05, 0) is 32.4 Å². The van der Waals surface area contributed by atoms with E-state index in [-0.39, 0.29) is 18.1 Å². The van der Waals surface area contributed by atoms with E-state index < -0.39 is 6.10 Å². The summed E-state index contributed by atoms with van der Waals surface area (Å²) < 4.78 is 11.5. The van der Waals surface area contributed by atoms with Gasteiger partial charge in [0.1, 0.15) is 17.6 Å². The van der Waals surface area contributed by atoms with Gasteiger partial charge in [-0.15, -0.1) is 0 Å². The third-order valence-corrected chi connectivity index (χ3v) is 4.26. The normalized spacial score (nSPS) is 25.8. The number of aliphatic hydroxyl groups excluding tert-OH is 1. The van der Waals surface area contributed by atoms with Gasteiger partial charge in [0, 0.05) is 30.6 Å². The number of hydrogen-bond acceptors (Lipinski definition) is 5. The number of ether oxygens (including phenoxy) is 2. The molecule has 0 aliphatic carbocycles. The fourth-order valence-corrected chi connectivity index (χ4v) is 3.13. The second-order valence-corrected chi connectivity index (χ2v) is 6.20. The molecule has 6 nitrogen and oxygen atoms in total. The van der Waals surface area contributed by atoms with E-state index in [4.69, 9.17) is 9.47 Å². The summed E-state index contributed by atoms with van der Waals surface area (Å²) in [5.74, 6) is 1.57. The SMILES string of the molecule is CCOc1cc2c(cc1CNC(=O)[C@@H]1C[C@@H](O)CN1)O[C@@H](C)C2. The van der Waals surface area contributed by atoms with E-state index in [1.165, 1.54) is 0 Å². The van der Waals surface area contributed by atoms with Crippen molar-refractivity contribution in [3.05, 3.63) is 23.3 Å². The summed E-state index contributed by atoms with van der Waals surface area (Å²) in [7, 11) is 0. The zero-order valence-electron chi connectivity index (χ0n) is 13.6. The maximum Gasteiger partial charge on any atom is 0.237 e. The van der Waals surface area contributed by atoms with Crippen LogP contribution in [-0.2, 0) is 17.8 Å². The maximum atomic E-state index is 12.2. The van der Waals surface area contributed by atoms with Gasteiger partial charge >= 0.3 is 0 Å². The highest BCUT2D eigenvalue weighted by molar-refractivity contribution is 5.82. The molecule has 2 aliphatic heterocycles. The molecule has 3 rings (SSSR count). The molecule has 1 saturated heterocycles. The Bertz CT molecular complexity index is 590. The molecule has 2 heterocycles. The van der Waals surface area contributed by atoms with Crippen LogP contribution in [0.4, 0.5) is 0 Å². The largest absolute Gasteiger partial charge is 0.494 e. The lowest BCUT2D eigenvalue weighted by molar-refractivity contribution is -0.123. The van der Waals surface area contributed by atoms with Crippen LogP contribution in [0.2, 0.25) is 0 Å². The molecule has 2 aliphatic rings. The molecule has 126 valence electrons. The summed E-state index contributed by atoms with van der Waals surface area (Å²) in [6.07, 6.45) is 1.06. The predicted molar refractivity (Wildman–Crippen MR) is 85.7 cm³/mol. The van der Waals surface area contributed by atoms with Crippen LogP contribution in [0.1, 0.15) is 31.4 Å². The number of amides is 1. The second kappa shape index (κ2) is 6.76. The average Bonchev–Trinajstić information content (AvgIpc) is 3.09. The molecule has 3 atom stereocenters. The van der Waals surface area contributed by atoms with Gasteiger partial charge in [0.2, 0.25) is 5.91 Å². The highest BCUT2D eigenvalue weighted by atomic mass is 16.5. The molecule has 0 bridgehead atoms. The van der Waals surface area contributed by atoms with Crippen molar-refractivity contribution < 1.29 is 19.4 Å². The van der Waals surface area contributed by atoms with E-state index in [1.54, 1.807) is 0 Å². The van der Waals surface area contributed by atoms with Crippen LogP contribution in [0, 0.1) is 0 Å². The molecule has 0 aromatic heterocycles. The van der Waals surface area contributed by atoms with Crippen molar-refractivity contribution in [2.24, 2.45) is 0 Å². The molecule has 0 radical (unpaired) electrons. The molecule has 1 aromatic carbocycles. The highest BCUT2D eigenvalue weighted by Gasteiger charge is 2.28. The zero-order chi connectivity index (χ0) is 16.4. The third-order valence-electron chi connectivity index (χ3n) is 4.26. The molecule has 6 heteroatoms. The van der Waals surface area contributed by atoms with Gasteiger partial charge in [0.15, 0.2) is 0 Å². The quantitative estimate of drug-likeness (QED) is 0.746. The Labute approximate surface area is 136 Å². The zero-order valence-corrected chi connectivity index (χ0v) is 13.6. The number of hydrogen-bond donors (Lipinski definition) is 3. The van der Waals surface area contributed by atoms with Crippen molar-refractivity contribution in [2.45, 2.75) is 51.5 Å². The summed E-state index contributed by atoms with van der Waals surface area (Å²) in [6, 6.07) is 3.65. The molecule has 0 unspecified atom stereocenters. The van der Waals surface area contributed by atoms with Crippen LogP contribution in [0.3, 0.4) is 0 Å². The van der Waals surface area contributed by atoms with Crippen molar-refractivity contribution in [1.29, 1.82) is 0 Å². The standard InChI is InChI=1S/C17H24N2O4/c1-3-22-15-5-11-4-10(2)23-16(11)6-12(15)8-19-17(21)14-7-13(20)9-18-14/h5-6,10,13-14,18,20H,3-4,7-9H2,1-2H3,(H,19,21)/t10-,13+,14-/m0/s1. The Balaban J connectivity index is 1.69. The number of benzene rings is 1. The third kappa shape index (κ3) is 3.59. The Morgan fingerprint density at radius 1 is 1.52 bits per heavy atom. The number of β-amino-alcohol motifs (C(OH)–C–C–N with tert-alkyl or cyclic N) is 1. The van der Waals surface area contributed by atoms with Gasteiger partial charge in [-0.25, -0.2) is 0 Å². The average molecular weight is 320 g/mol. The summed E-state index contributed by atoms with van der Waals surface area (Å²) in [6.45, 7) is 5.41. The lowest BCUT2D eigenvalue weighted by Crippen LogP contribution is -2.40. The Morgan fingerprint density at radius 3 is 3.04 bits per heavy atom. The Morgan fingerprint density at radius 2 is 2.35 bits per heavy atom. The van der Waals surface area contributed by atoms with Crippen molar-refractivity contribution >= 4 is 5.91 Å². The van der Waals surface area contributed by atoms with Gasteiger partial charge in [0.05, 0.1) is 18.8 Å². The summed E-state index contributed by atoms with van der Waals surface area (Å²) >= 11 is 0. The molecule has 1 aromatic rings. The monoisotopic (exact) mass is 320 g/mol. The molecule has 1 amide bonds. The first-order chi connectivity index (χ1) is 11.1. The Hall–Kier alpha value is -1.79. The van der Waals surface area contributed by atoms with Crippen LogP contribution >= 0.6 is 0 Å². The first-order valence-electron chi connectivity index (χ1n) is 8.21. The van der Waals surface area contributed by atoms with Gasteiger partial charge < -0.3 is 25.2 Å². The van der Waals surface area contributed by atoms with Crippen LogP contribution < -0.4 is 20.1 Å². The van der Waals surface area contributed by atoms with E-state index in [2.05, 4.69) is 10.6 Å². The minimum absolute atomic E-state index is 0.0983. The van der Waals surface area contributed by atoms with Crippen molar-refractivity contribution in [3.8, 4) is 11.5 Å². The molecular weight excluding hydrogens is 296 g/mol. The van der Waals surface area contributed by atoms with E-state index in [0.29, 0.717) is 26.1 Å². The van der Waals surface area contributed by atoms with E-state index in [1.807, 2.05) is 26.0 Å². The molecule has 3 N–H and O–H groups in total. The predicted octanol–water partition coefficient (Wildman–Crippen LogP) is 0.748. The van der Waals surface area contributed by atoms with Crippen LogP contribution in [0.5, 0.6) is 11.5 Å². The van der Waals surface area contributed by atoms with E-state index in [9.17, 15) is 9.90 Å². The number of fused-ring (bicyclic) bond motifs is 1. The summed E-state index contributed by atoms with van der Waals surface area (Å²) in [4.78, 5) is 12.2. The van der Waals surface area contributed by atoms with Crippen LogP contribution in [0.25, 0.3) is 0 Å². The molecule has 0 saturated carbocycles. The number of carbonyl (C=O) groups excluding carboxylic acids is 1. The first kappa shape index (κ1) is 16.1. The number of aliphatic hydroxyl groups is 1. The van der Waals surface area contributed by atoms with E-state index in [0.717, 1.165) is 29.0 Å². The van der Waals surface area contributed by atoms with Crippen LogP contribution in [0.15, 0.2) is 12.1 Å². The smallest absolute Gasteiger partial charge is 0.237 e. The molecule has 23 heavy (non-hydrogen) atoms. The number of carbonyl (C=O) groups is 1. The van der Waals surface area contributed by atoms with Gasteiger partial charge in [-0.2, -0.15) is 0 Å². The summed E-state index contributed by atoms with van der Waals surface area (Å²) in [5.41, 5.74) is 2.06. The van der Waals surface area contributed by atoms with Gasteiger partial charge in [-0.1, -0.05) is 0 Å². The van der Waals surface area contributed by atoms with Crippen molar-refractivity contribution in [1.82, 2.24) is 10.6 Å². The fourth-order valence-electron chi connectivity index (χ4n) is 3.13. The van der Waals surface area contributed by atoms with Crippen molar-refractivity contribution in [3.63, 3.8) is 0 Å². The summed E-state index contributed by atoms with van der Waals surface area (Å²) in [5, 5.41) is 15.4. The number of nitrogens with one attached hydrogen (secondary N) is 2. The van der Waals surface area contributed by atoms with Gasteiger partial charge in [-0.3, -0.25) is 4.79 Å².